The second-order valence-corrected chi connectivity index (χ2v) is 3.52. The van der Waals surface area contributed by atoms with Crippen molar-refractivity contribution in [2.45, 2.75) is 6.42 Å². The number of para-hydroxylation sites is 2. The summed E-state index contributed by atoms with van der Waals surface area (Å²) < 4.78 is 5.05. The van der Waals surface area contributed by atoms with Crippen molar-refractivity contribution < 1.29 is 14.3 Å². The van der Waals surface area contributed by atoms with Crippen LogP contribution in [-0.4, -0.2) is 24.9 Å². The summed E-state index contributed by atoms with van der Waals surface area (Å²) in [6.07, 6.45) is 0.0981. The molecule has 0 spiro atoms. The summed E-state index contributed by atoms with van der Waals surface area (Å²) in [7, 11) is 1.50. The zero-order valence-corrected chi connectivity index (χ0v) is 10.1. The molecule has 0 saturated carbocycles. The molecule has 3 amide bonds. The molecule has 1 rings (SSSR count). The third-order valence-corrected chi connectivity index (χ3v) is 2.12. The molecule has 6 heteroatoms. The van der Waals surface area contributed by atoms with E-state index in [9.17, 15) is 9.59 Å². The minimum Gasteiger partial charge on any atom is -0.495 e. The van der Waals surface area contributed by atoms with E-state index in [0.29, 0.717) is 11.4 Å². The summed E-state index contributed by atoms with van der Waals surface area (Å²) in [5.74, 6) is 0.271. The predicted molar refractivity (Wildman–Crippen MR) is 65.5 cm³/mol. The molecule has 0 fully saturated rings. The molecule has 0 aliphatic carbocycles. The number of anilines is 1. The molecule has 0 aliphatic rings. The highest BCUT2D eigenvalue weighted by molar-refractivity contribution is 6.19. The first-order valence-corrected chi connectivity index (χ1v) is 5.50. The van der Waals surface area contributed by atoms with Crippen LogP contribution in [0.1, 0.15) is 6.42 Å². The van der Waals surface area contributed by atoms with Gasteiger partial charge in [-0.25, -0.2) is 4.79 Å². The third-order valence-electron chi connectivity index (χ3n) is 1.93. The van der Waals surface area contributed by atoms with E-state index in [1.54, 1.807) is 24.3 Å². The number of carbonyl (C=O) groups excluding carboxylic acids is 2. The van der Waals surface area contributed by atoms with Gasteiger partial charge in [-0.05, 0) is 12.1 Å². The van der Waals surface area contributed by atoms with Crippen molar-refractivity contribution in [3.05, 3.63) is 24.3 Å². The maximum atomic E-state index is 11.4. The van der Waals surface area contributed by atoms with Crippen molar-refractivity contribution >= 4 is 29.2 Å². The molecular weight excluding hydrogens is 244 g/mol. The van der Waals surface area contributed by atoms with Gasteiger partial charge in [-0.15, -0.1) is 11.6 Å². The number of imide groups is 1. The van der Waals surface area contributed by atoms with Crippen LogP contribution in [0.4, 0.5) is 10.5 Å². The van der Waals surface area contributed by atoms with Crippen LogP contribution in [-0.2, 0) is 4.79 Å². The van der Waals surface area contributed by atoms with Crippen LogP contribution in [0.3, 0.4) is 0 Å². The Morgan fingerprint density at radius 2 is 2.06 bits per heavy atom. The zero-order valence-electron chi connectivity index (χ0n) is 9.33. The average molecular weight is 257 g/mol. The van der Waals surface area contributed by atoms with E-state index in [4.69, 9.17) is 16.3 Å². The van der Waals surface area contributed by atoms with Gasteiger partial charge >= 0.3 is 6.03 Å². The molecule has 0 radical (unpaired) electrons. The van der Waals surface area contributed by atoms with Crippen LogP contribution >= 0.6 is 11.6 Å². The second kappa shape index (κ2) is 6.75. The standard InChI is InChI=1S/C11H13ClN2O3/c1-17-9-5-3-2-4-8(9)13-11(16)14-10(15)6-7-12/h2-5H,6-7H2,1H3,(H2,13,14,15,16). The van der Waals surface area contributed by atoms with E-state index in [-0.39, 0.29) is 12.3 Å². The molecule has 1 aromatic carbocycles. The molecule has 0 unspecified atom stereocenters. The number of urea groups is 1. The Hall–Kier alpha value is -1.75. The number of carbonyl (C=O) groups is 2. The lowest BCUT2D eigenvalue weighted by molar-refractivity contribution is -0.119. The summed E-state index contributed by atoms with van der Waals surface area (Å²) >= 11 is 5.38. The third kappa shape index (κ3) is 4.32. The lowest BCUT2D eigenvalue weighted by Gasteiger charge is -2.09. The number of amides is 3. The van der Waals surface area contributed by atoms with E-state index in [1.165, 1.54) is 7.11 Å². The minimum atomic E-state index is -0.607. The first-order valence-electron chi connectivity index (χ1n) is 4.97. The first-order chi connectivity index (χ1) is 8.17. The predicted octanol–water partition coefficient (Wildman–Crippen LogP) is 1.97. The number of hydrogen-bond acceptors (Lipinski definition) is 3. The van der Waals surface area contributed by atoms with Gasteiger partial charge in [0.05, 0.1) is 12.8 Å². The summed E-state index contributed by atoms with van der Waals surface area (Å²) in [5.41, 5.74) is 0.492. The molecule has 0 aromatic heterocycles. The van der Waals surface area contributed by atoms with E-state index in [0.717, 1.165) is 0 Å². The van der Waals surface area contributed by atoms with Gasteiger partial charge in [0.25, 0.3) is 0 Å². The fourth-order valence-corrected chi connectivity index (χ4v) is 1.35. The quantitative estimate of drug-likeness (QED) is 0.810. The first kappa shape index (κ1) is 13.3. The second-order valence-electron chi connectivity index (χ2n) is 3.14. The Morgan fingerprint density at radius 1 is 1.35 bits per heavy atom. The summed E-state index contributed by atoms with van der Waals surface area (Å²) in [6, 6.07) is 6.30. The topological polar surface area (TPSA) is 67.4 Å². The van der Waals surface area contributed by atoms with Gasteiger partial charge in [0.1, 0.15) is 5.75 Å². The maximum Gasteiger partial charge on any atom is 0.325 e. The lowest BCUT2D eigenvalue weighted by atomic mass is 10.3. The number of rotatable bonds is 4. The molecule has 17 heavy (non-hydrogen) atoms. The van der Waals surface area contributed by atoms with Gasteiger partial charge in [-0.2, -0.15) is 0 Å². The van der Waals surface area contributed by atoms with Gasteiger partial charge in [0, 0.05) is 12.3 Å². The Labute approximate surface area is 104 Å². The number of benzene rings is 1. The van der Waals surface area contributed by atoms with Crippen LogP contribution in [0.15, 0.2) is 24.3 Å². The molecule has 5 nitrogen and oxygen atoms in total. The fourth-order valence-electron chi connectivity index (χ4n) is 1.18. The maximum absolute atomic E-state index is 11.4. The highest BCUT2D eigenvalue weighted by Crippen LogP contribution is 2.22. The van der Waals surface area contributed by atoms with Crippen molar-refractivity contribution in [1.82, 2.24) is 5.32 Å². The van der Waals surface area contributed by atoms with E-state index in [1.807, 2.05) is 0 Å². The van der Waals surface area contributed by atoms with Gasteiger partial charge in [-0.1, -0.05) is 12.1 Å². The smallest absolute Gasteiger partial charge is 0.325 e. The fraction of sp³-hybridized carbons (Fsp3) is 0.273. The SMILES string of the molecule is COc1ccccc1NC(=O)NC(=O)CCCl. The number of alkyl halides is 1. The number of ether oxygens (including phenoxy) is 1. The van der Waals surface area contributed by atoms with Crippen LogP contribution in [0.5, 0.6) is 5.75 Å². The molecule has 1 aromatic rings. The Morgan fingerprint density at radius 3 is 2.71 bits per heavy atom. The summed E-state index contributed by atoms with van der Waals surface area (Å²) in [5, 5.41) is 4.66. The van der Waals surface area contributed by atoms with Gasteiger partial charge in [0.2, 0.25) is 5.91 Å². The number of nitrogens with one attached hydrogen (secondary N) is 2. The number of methoxy groups -OCH3 is 1. The van der Waals surface area contributed by atoms with Crippen molar-refractivity contribution in [3.63, 3.8) is 0 Å². The van der Waals surface area contributed by atoms with Crippen LogP contribution < -0.4 is 15.4 Å². The van der Waals surface area contributed by atoms with Gasteiger partial charge in [-0.3, -0.25) is 10.1 Å². The van der Waals surface area contributed by atoms with Crippen molar-refractivity contribution in [2.75, 3.05) is 18.3 Å². The molecule has 0 saturated heterocycles. The van der Waals surface area contributed by atoms with E-state index < -0.39 is 11.9 Å². The van der Waals surface area contributed by atoms with Crippen molar-refractivity contribution in [3.8, 4) is 5.75 Å². The summed E-state index contributed by atoms with van der Waals surface area (Å²) in [6.45, 7) is 0. The van der Waals surface area contributed by atoms with E-state index in [2.05, 4.69) is 10.6 Å². The van der Waals surface area contributed by atoms with E-state index >= 15 is 0 Å². The molecule has 92 valence electrons. The Balaban J connectivity index is 2.59. The highest BCUT2D eigenvalue weighted by Gasteiger charge is 2.09. The van der Waals surface area contributed by atoms with Crippen molar-refractivity contribution in [2.24, 2.45) is 0 Å². The highest BCUT2D eigenvalue weighted by atomic mass is 35.5. The molecule has 0 aliphatic heterocycles. The Bertz CT molecular complexity index is 409. The number of hydrogen-bond donors (Lipinski definition) is 2. The van der Waals surface area contributed by atoms with Crippen LogP contribution in [0.25, 0.3) is 0 Å². The monoisotopic (exact) mass is 256 g/mol. The molecule has 0 bridgehead atoms. The lowest BCUT2D eigenvalue weighted by Crippen LogP contribution is -2.34. The molecule has 0 heterocycles. The molecule has 0 atom stereocenters. The number of halogens is 1. The minimum absolute atomic E-state index is 0.0981. The van der Waals surface area contributed by atoms with Gasteiger partial charge < -0.3 is 10.1 Å². The largest absolute Gasteiger partial charge is 0.495 e. The van der Waals surface area contributed by atoms with Crippen LogP contribution in [0.2, 0.25) is 0 Å². The van der Waals surface area contributed by atoms with Crippen molar-refractivity contribution in [1.29, 1.82) is 0 Å². The zero-order chi connectivity index (χ0) is 12.7. The molecule has 2 N–H and O–H groups in total. The van der Waals surface area contributed by atoms with Crippen LogP contribution in [0, 0.1) is 0 Å². The normalized spacial score (nSPS) is 9.53. The van der Waals surface area contributed by atoms with Gasteiger partial charge in [0.15, 0.2) is 0 Å². The Kier molecular flexibility index (Phi) is 5.29. The molecular formula is C11H13ClN2O3. The summed E-state index contributed by atoms with van der Waals surface area (Å²) in [4.78, 5) is 22.5. The average Bonchev–Trinajstić information content (AvgIpc) is 2.29.